The molecule has 0 saturated heterocycles. The van der Waals surface area contributed by atoms with Gasteiger partial charge in [-0.05, 0) is 48.7 Å². The molecule has 1 fully saturated rings. The highest BCUT2D eigenvalue weighted by atomic mass is 32.2. The molecule has 0 heterocycles. The standard InChI is InChI=1S/C20H22N2O5S/c1-21-19(23)15-8-6-14(7-9-15)13-22(17-10-11-17)28(25,26)18-5-3-4-16(12-18)20(24)27-2/h3-9,12,17H,10-11,13H2,1-2H3,(H,21,23). The van der Waals surface area contributed by atoms with E-state index in [0.29, 0.717) is 5.56 Å². The van der Waals surface area contributed by atoms with Crippen LogP contribution in [0, 0.1) is 0 Å². The first-order chi connectivity index (χ1) is 13.4. The Hall–Kier alpha value is -2.71. The van der Waals surface area contributed by atoms with Crippen molar-refractivity contribution in [3.05, 3.63) is 65.2 Å². The molecule has 7 nitrogen and oxygen atoms in total. The average Bonchev–Trinajstić information content (AvgIpc) is 3.56. The van der Waals surface area contributed by atoms with Gasteiger partial charge in [-0.1, -0.05) is 18.2 Å². The first kappa shape index (κ1) is 20.0. The van der Waals surface area contributed by atoms with Crippen LogP contribution in [0.2, 0.25) is 0 Å². The maximum atomic E-state index is 13.2. The van der Waals surface area contributed by atoms with Gasteiger partial charge in [0.25, 0.3) is 5.91 Å². The van der Waals surface area contributed by atoms with E-state index in [-0.39, 0.29) is 29.0 Å². The van der Waals surface area contributed by atoms with E-state index >= 15 is 0 Å². The van der Waals surface area contributed by atoms with Crippen LogP contribution in [0.5, 0.6) is 0 Å². The monoisotopic (exact) mass is 402 g/mol. The lowest BCUT2D eigenvalue weighted by Gasteiger charge is -2.22. The number of carbonyl (C=O) groups is 2. The average molecular weight is 402 g/mol. The van der Waals surface area contributed by atoms with E-state index in [4.69, 9.17) is 0 Å². The van der Waals surface area contributed by atoms with Crippen LogP contribution in [0.25, 0.3) is 0 Å². The van der Waals surface area contributed by atoms with Gasteiger partial charge in [-0.25, -0.2) is 13.2 Å². The summed E-state index contributed by atoms with van der Waals surface area (Å²) in [5.74, 6) is -0.780. The van der Waals surface area contributed by atoms with Crippen LogP contribution in [0.3, 0.4) is 0 Å². The SMILES string of the molecule is CNC(=O)c1ccc(CN(C2CC2)S(=O)(=O)c2cccc(C(=O)OC)c2)cc1. The van der Waals surface area contributed by atoms with Crippen molar-refractivity contribution in [3.8, 4) is 0 Å². The van der Waals surface area contributed by atoms with Crippen LogP contribution in [0.4, 0.5) is 0 Å². The largest absolute Gasteiger partial charge is 0.465 e. The number of esters is 1. The molecule has 148 valence electrons. The maximum Gasteiger partial charge on any atom is 0.337 e. The third-order valence-electron chi connectivity index (χ3n) is 4.60. The maximum absolute atomic E-state index is 13.2. The Balaban J connectivity index is 1.87. The van der Waals surface area contributed by atoms with Gasteiger partial charge in [0.05, 0.1) is 17.6 Å². The highest BCUT2D eigenvalue weighted by Gasteiger charge is 2.38. The summed E-state index contributed by atoms with van der Waals surface area (Å²) in [5.41, 5.74) is 1.49. The van der Waals surface area contributed by atoms with Crippen molar-refractivity contribution in [2.75, 3.05) is 14.2 Å². The Morgan fingerprint density at radius 2 is 1.79 bits per heavy atom. The second-order valence-electron chi connectivity index (χ2n) is 6.58. The Labute approximate surface area is 164 Å². The molecule has 28 heavy (non-hydrogen) atoms. The summed E-state index contributed by atoms with van der Waals surface area (Å²) in [6.07, 6.45) is 1.60. The van der Waals surface area contributed by atoms with Crippen LogP contribution >= 0.6 is 0 Å². The lowest BCUT2D eigenvalue weighted by molar-refractivity contribution is 0.0600. The molecule has 0 aliphatic heterocycles. The van der Waals surface area contributed by atoms with Gasteiger partial charge in [0.2, 0.25) is 10.0 Å². The molecule has 1 aliphatic carbocycles. The van der Waals surface area contributed by atoms with Gasteiger partial charge < -0.3 is 10.1 Å². The molecular weight excluding hydrogens is 380 g/mol. The van der Waals surface area contributed by atoms with Crippen molar-refractivity contribution < 1.29 is 22.7 Å². The van der Waals surface area contributed by atoms with Gasteiger partial charge in [0.15, 0.2) is 0 Å². The number of methoxy groups -OCH3 is 1. The van der Waals surface area contributed by atoms with E-state index in [0.717, 1.165) is 18.4 Å². The number of amides is 1. The molecule has 2 aromatic carbocycles. The van der Waals surface area contributed by atoms with Gasteiger partial charge >= 0.3 is 5.97 Å². The second kappa shape index (κ2) is 8.12. The minimum Gasteiger partial charge on any atom is -0.465 e. The molecule has 8 heteroatoms. The summed E-state index contributed by atoms with van der Waals surface area (Å²) in [5, 5.41) is 2.55. The Kier molecular flexibility index (Phi) is 5.81. The molecular formula is C20H22N2O5S. The molecule has 0 aromatic heterocycles. The fraction of sp³-hybridized carbons (Fsp3) is 0.300. The molecule has 1 saturated carbocycles. The predicted octanol–water partition coefficient (Wildman–Crippen LogP) is 2.19. The fourth-order valence-electron chi connectivity index (χ4n) is 2.90. The third kappa shape index (κ3) is 4.23. The quantitative estimate of drug-likeness (QED) is 0.717. The Morgan fingerprint density at radius 3 is 2.36 bits per heavy atom. The summed E-state index contributed by atoms with van der Waals surface area (Å²) < 4.78 is 32.6. The highest BCUT2D eigenvalue weighted by Crippen LogP contribution is 2.33. The van der Waals surface area contributed by atoms with Crippen LogP contribution < -0.4 is 5.32 Å². The van der Waals surface area contributed by atoms with Crippen molar-refractivity contribution in [2.45, 2.75) is 30.3 Å². The first-order valence-corrected chi connectivity index (χ1v) is 10.3. The normalized spacial score (nSPS) is 14.0. The highest BCUT2D eigenvalue weighted by molar-refractivity contribution is 7.89. The summed E-state index contributed by atoms with van der Waals surface area (Å²) in [6, 6.07) is 12.6. The van der Waals surface area contributed by atoms with Crippen molar-refractivity contribution in [1.82, 2.24) is 9.62 Å². The molecule has 1 aliphatic rings. The molecule has 1 N–H and O–H groups in total. The van der Waals surface area contributed by atoms with Crippen LogP contribution in [-0.4, -0.2) is 44.8 Å². The van der Waals surface area contributed by atoms with E-state index in [1.807, 2.05) is 0 Å². The van der Waals surface area contributed by atoms with E-state index in [1.54, 1.807) is 31.3 Å². The molecule has 2 aromatic rings. The summed E-state index contributed by atoms with van der Waals surface area (Å²) >= 11 is 0. The zero-order valence-electron chi connectivity index (χ0n) is 15.7. The fourth-order valence-corrected chi connectivity index (χ4v) is 4.62. The van der Waals surface area contributed by atoms with E-state index in [9.17, 15) is 18.0 Å². The summed E-state index contributed by atoms with van der Waals surface area (Å²) in [4.78, 5) is 23.5. The minimum absolute atomic E-state index is 0.0595. The smallest absolute Gasteiger partial charge is 0.337 e. The Bertz CT molecular complexity index is 982. The van der Waals surface area contributed by atoms with Crippen molar-refractivity contribution in [3.63, 3.8) is 0 Å². The number of sulfonamides is 1. The number of hydrogen-bond acceptors (Lipinski definition) is 5. The van der Waals surface area contributed by atoms with E-state index < -0.39 is 16.0 Å². The molecule has 0 spiro atoms. The van der Waals surface area contributed by atoms with Crippen molar-refractivity contribution in [2.24, 2.45) is 0 Å². The number of benzene rings is 2. The number of hydrogen-bond donors (Lipinski definition) is 1. The van der Waals surface area contributed by atoms with Gasteiger partial charge in [0, 0.05) is 25.2 Å². The first-order valence-electron chi connectivity index (χ1n) is 8.88. The molecule has 0 atom stereocenters. The third-order valence-corrected chi connectivity index (χ3v) is 6.49. The molecule has 1 amide bonds. The summed E-state index contributed by atoms with van der Waals surface area (Å²) in [6.45, 7) is 0.198. The predicted molar refractivity (Wildman–Crippen MR) is 103 cm³/mol. The molecule has 0 radical (unpaired) electrons. The topological polar surface area (TPSA) is 92.8 Å². The van der Waals surface area contributed by atoms with Gasteiger partial charge in [-0.3, -0.25) is 4.79 Å². The lowest BCUT2D eigenvalue weighted by atomic mass is 10.1. The zero-order chi connectivity index (χ0) is 20.3. The molecule has 0 unspecified atom stereocenters. The minimum atomic E-state index is -3.79. The Morgan fingerprint density at radius 1 is 1.11 bits per heavy atom. The second-order valence-corrected chi connectivity index (χ2v) is 8.47. The van der Waals surface area contributed by atoms with Crippen LogP contribution in [-0.2, 0) is 21.3 Å². The van der Waals surface area contributed by atoms with Crippen LogP contribution in [0.1, 0.15) is 39.1 Å². The lowest BCUT2D eigenvalue weighted by Crippen LogP contribution is -2.32. The van der Waals surface area contributed by atoms with Gasteiger partial charge in [0.1, 0.15) is 0 Å². The molecule has 0 bridgehead atoms. The van der Waals surface area contributed by atoms with Gasteiger partial charge in [-0.15, -0.1) is 0 Å². The number of carbonyl (C=O) groups excluding carboxylic acids is 2. The molecule has 3 rings (SSSR count). The number of nitrogens with zero attached hydrogens (tertiary/aromatic N) is 1. The summed E-state index contributed by atoms with van der Waals surface area (Å²) in [7, 11) is -0.977. The van der Waals surface area contributed by atoms with Crippen LogP contribution in [0.15, 0.2) is 53.4 Å². The van der Waals surface area contributed by atoms with E-state index in [2.05, 4.69) is 10.1 Å². The number of ether oxygens (including phenoxy) is 1. The van der Waals surface area contributed by atoms with Gasteiger partial charge in [-0.2, -0.15) is 4.31 Å². The van der Waals surface area contributed by atoms with Crippen molar-refractivity contribution >= 4 is 21.9 Å². The zero-order valence-corrected chi connectivity index (χ0v) is 16.5. The van der Waals surface area contributed by atoms with Crippen molar-refractivity contribution in [1.29, 1.82) is 0 Å². The number of nitrogens with one attached hydrogen (secondary N) is 1. The van der Waals surface area contributed by atoms with E-state index in [1.165, 1.54) is 35.7 Å². The number of rotatable bonds is 7.